The van der Waals surface area contributed by atoms with E-state index in [1.807, 2.05) is 73.8 Å². The molecular weight excluding hydrogens is 1500 g/mol. The molecular formula is C64H74Cl2N24O12S4. The zero-order valence-electron chi connectivity index (χ0n) is 59.1. The van der Waals surface area contributed by atoms with Gasteiger partial charge in [-0.2, -0.15) is 40.8 Å². The van der Waals surface area contributed by atoms with Gasteiger partial charge in [-0.1, -0.05) is 0 Å². The van der Waals surface area contributed by atoms with Gasteiger partial charge in [0.1, 0.15) is 36.5 Å². The number of hydrogen-bond acceptors (Lipinski definition) is 22. The van der Waals surface area contributed by atoms with Crippen LogP contribution in [0.25, 0.3) is 86.0 Å². The Morgan fingerprint density at radius 3 is 1.08 bits per heavy atom. The van der Waals surface area contributed by atoms with Crippen molar-refractivity contribution in [1.29, 1.82) is 0 Å². The SMILES string of the molecule is CS(=O)(=O)Cl.CS(=O)(=O)Cl.[C-]#[N+]c1cnn2c(N)ccc2c1-c1cnn(C(C)OCC)c1.[C-]#[N+]c1cnn2c(NS(C)(=O)=O)ccc2c1-c1cnn(C(C)OCC)c1.[C-]#[N+]c1cnn2cc(N)cc2c1-c1cnn(C(C)OCC)c1.[C-]#[N+]c1cnn2cc(NS(C)(=O)=O)cc2c1-c1cnn(C(C)OCC)c1. The number of anilines is 4. The summed E-state index contributed by atoms with van der Waals surface area (Å²) in [5, 5.41) is 34.0. The number of aromatic nitrogens is 16. The van der Waals surface area contributed by atoms with E-state index in [4.69, 9.17) is 56.7 Å². The lowest BCUT2D eigenvalue weighted by molar-refractivity contribution is 0.0158. The number of sulfonamides is 2. The fourth-order valence-corrected chi connectivity index (χ4v) is 11.3. The Kier molecular flexibility index (Phi) is 27.7. The van der Waals surface area contributed by atoms with Gasteiger partial charge in [0.2, 0.25) is 60.9 Å². The first kappa shape index (κ1) is 82.3. The molecule has 0 saturated heterocycles. The lowest BCUT2D eigenvalue weighted by atomic mass is 10.1. The van der Waals surface area contributed by atoms with E-state index >= 15 is 0 Å². The maximum absolute atomic E-state index is 11.5. The van der Waals surface area contributed by atoms with E-state index in [1.165, 1.54) is 33.8 Å². The summed E-state index contributed by atoms with van der Waals surface area (Å²) in [6, 6.07) is 10.4. The summed E-state index contributed by atoms with van der Waals surface area (Å²) in [7, 11) is -4.25. The molecule has 0 aromatic carbocycles. The number of rotatable bonds is 20. The number of halogens is 2. The third kappa shape index (κ3) is 22.0. The summed E-state index contributed by atoms with van der Waals surface area (Å²) in [6.45, 7) is 47.2. The molecule has 0 amide bonds. The van der Waals surface area contributed by atoms with Crippen molar-refractivity contribution < 1.29 is 52.6 Å². The quantitative estimate of drug-likeness (QED) is 0.0407. The van der Waals surface area contributed by atoms with Crippen LogP contribution in [0.2, 0.25) is 0 Å². The topological polar surface area (TPSA) is 408 Å². The Balaban J connectivity index is 0.000000189. The molecule has 0 aliphatic heterocycles. The Morgan fingerprint density at radius 1 is 0.425 bits per heavy atom. The highest BCUT2D eigenvalue weighted by molar-refractivity contribution is 8.13. The van der Waals surface area contributed by atoms with Gasteiger partial charge in [-0.15, -0.1) is 0 Å². The Bertz CT molecular complexity index is 5560. The van der Waals surface area contributed by atoms with Crippen LogP contribution < -0.4 is 20.9 Å². The summed E-state index contributed by atoms with van der Waals surface area (Å²) < 4.78 is 124. The van der Waals surface area contributed by atoms with E-state index in [1.54, 1.807) is 108 Å². The smallest absolute Gasteiger partial charge is 0.230 e. The average molecular weight is 1570 g/mol. The number of nitrogens with two attached hydrogens (primary N) is 2. The summed E-state index contributed by atoms with van der Waals surface area (Å²) in [4.78, 5) is 14.2. The van der Waals surface area contributed by atoms with Crippen LogP contribution in [-0.2, 0) is 57.1 Å². The van der Waals surface area contributed by atoms with Gasteiger partial charge in [0.25, 0.3) is 0 Å². The molecule has 42 heteroatoms. The van der Waals surface area contributed by atoms with Crippen molar-refractivity contribution in [2.24, 2.45) is 0 Å². The fraction of sp³-hybridized carbons (Fsp3) is 0.312. The fourth-order valence-electron chi connectivity index (χ4n) is 10.2. The molecule has 0 saturated carbocycles. The Hall–Kier alpha value is -11.0. The van der Waals surface area contributed by atoms with E-state index in [9.17, 15) is 33.7 Å². The molecule has 36 nitrogen and oxygen atoms in total. The van der Waals surface area contributed by atoms with E-state index < -0.39 is 38.1 Å². The van der Waals surface area contributed by atoms with Crippen molar-refractivity contribution in [2.75, 3.05) is 72.4 Å². The second-order valence-corrected chi connectivity index (χ2v) is 32.1. The van der Waals surface area contributed by atoms with Crippen molar-refractivity contribution in [3.05, 3.63) is 169 Å². The maximum atomic E-state index is 11.5. The number of hydrogen-bond donors (Lipinski definition) is 4. The molecule has 12 rings (SSSR count). The zero-order valence-corrected chi connectivity index (χ0v) is 63.8. The number of nitrogens with one attached hydrogen (secondary N) is 2. The molecule has 4 unspecified atom stereocenters. The Morgan fingerprint density at radius 2 is 0.736 bits per heavy atom. The van der Waals surface area contributed by atoms with Crippen LogP contribution in [0.15, 0.2) is 123 Å². The lowest BCUT2D eigenvalue weighted by Gasteiger charge is -2.11. The van der Waals surface area contributed by atoms with Crippen LogP contribution in [-0.4, -0.2) is 163 Å². The average Bonchev–Trinajstić information content (AvgIpc) is 1.65. The summed E-state index contributed by atoms with van der Waals surface area (Å²) in [5.74, 6) is 0.832. The lowest BCUT2D eigenvalue weighted by Crippen LogP contribution is -2.12. The van der Waals surface area contributed by atoms with Crippen LogP contribution in [0.5, 0.6) is 0 Å². The molecule has 0 aliphatic carbocycles. The van der Waals surface area contributed by atoms with E-state index in [2.05, 4.69) is 91.0 Å². The van der Waals surface area contributed by atoms with Crippen molar-refractivity contribution >= 4 is 127 Å². The van der Waals surface area contributed by atoms with Gasteiger partial charge in [-0.3, -0.25) is 9.44 Å². The predicted octanol–water partition coefficient (Wildman–Crippen LogP) is 11.5. The summed E-state index contributed by atoms with van der Waals surface area (Å²) >= 11 is 0. The minimum absolute atomic E-state index is 0.162. The maximum Gasteiger partial charge on any atom is 0.230 e. The van der Waals surface area contributed by atoms with Crippen LogP contribution >= 0.6 is 21.4 Å². The van der Waals surface area contributed by atoms with Crippen molar-refractivity contribution in [3.63, 3.8) is 0 Å². The third-order valence-electron chi connectivity index (χ3n) is 14.4. The molecule has 12 aromatic rings. The highest BCUT2D eigenvalue weighted by Crippen LogP contribution is 2.40. The first-order valence-corrected chi connectivity index (χ1v) is 40.6. The van der Waals surface area contributed by atoms with Gasteiger partial charge in [0.05, 0.1) is 147 Å². The molecule has 6 N–H and O–H groups in total. The first-order valence-electron chi connectivity index (χ1n) is 31.4. The van der Waals surface area contributed by atoms with Crippen LogP contribution in [0, 0.1) is 26.3 Å². The molecule has 12 heterocycles. The van der Waals surface area contributed by atoms with E-state index in [0.717, 1.165) is 69.4 Å². The molecule has 12 aromatic heterocycles. The molecule has 0 spiro atoms. The van der Waals surface area contributed by atoms with Crippen LogP contribution in [0.3, 0.4) is 0 Å². The molecule has 106 heavy (non-hydrogen) atoms. The van der Waals surface area contributed by atoms with Gasteiger partial charge in [-0.25, -0.2) is 89.8 Å². The largest absolute Gasteiger partial charge is 0.397 e. The molecule has 0 radical (unpaired) electrons. The monoisotopic (exact) mass is 1570 g/mol. The molecule has 0 bridgehead atoms. The van der Waals surface area contributed by atoms with Gasteiger partial charge in [-0.05, 0) is 91.8 Å². The minimum atomic E-state index is -3.45. The van der Waals surface area contributed by atoms with Gasteiger partial charge in [0.15, 0.2) is 0 Å². The predicted molar refractivity (Wildman–Crippen MR) is 403 cm³/mol. The molecule has 0 fully saturated rings. The van der Waals surface area contributed by atoms with Gasteiger partial charge in [0, 0.05) is 117 Å². The van der Waals surface area contributed by atoms with Crippen LogP contribution in [0.1, 0.15) is 80.3 Å². The summed E-state index contributed by atoms with van der Waals surface area (Å²) in [6.07, 6.45) is 26.5. The van der Waals surface area contributed by atoms with Crippen molar-refractivity contribution in [3.8, 4) is 44.5 Å². The van der Waals surface area contributed by atoms with Crippen molar-refractivity contribution in [1.82, 2.24) is 77.6 Å². The highest BCUT2D eigenvalue weighted by Gasteiger charge is 2.22. The zero-order chi connectivity index (χ0) is 78.2. The standard InChI is InChI=1S/2C16H18N6O3S.2C15H16N6O.2CH3ClO2S/c1-5-25-11(2)21-9-12(7-18-21)16-14(17-3)8-19-22-10-13(6-15(16)22)20-26(4,23)24;1-5-25-11(2)21-10-12(8-18-21)16-13(17-3)9-19-22-14(16)6-7-15(22)20-26(4,23)24;1-4-22-10(2)20-8-11(6-18-20)15-13(17-3)7-19-21-9-12(16)5-14(15)21;1-4-22-10(2)20-9-11(7-18-20)15-12(17-3)8-19-21-13(15)5-6-14(21)16;2*1-5(2,3)4/h2*6-11,20H,5H2,1-2,4H3;2*5-10H,4,16H2,1-2H3;2*1H3. The number of ether oxygens (including phenoxy) is 4. The minimum Gasteiger partial charge on any atom is -0.397 e. The normalized spacial score (nSPS) is 12.5. The van der Waals surface area contributed by atoms with Gasteiger partial charge < -0.3 is 30.4 Å². The third-order valence-corrected chi connectivity index (χ3v) is 15.6. The van der Waals surface area contributed by atoms with Gasteiger partial charge >= 0.3 is 0 Å². The molecule has 0 aliphatic rings. The Labute approximate surface area is 619 Å². The van der Waals surface area contributed by atoms with E-state index in [0.29, 0.717) is 94.3 Å². The molecule has 4 atom stereocenters. The van der Waals surface area contributed by atoms with Crippen molar-refractivity contribution in [2.45, 2.75) is 80.3 Å². The number of nitrogens with zero attached hydrogens (tertiary/aromatic N) is 20. The summed E-state index contributed by atoms with van der Waals surface area (Å²) in [5.41, 5.74) is 23.1. The first-order chi connectivity index (χ1) is 49.9. The molecule has 560 valence electrons. The number of fused-ring (bicyclic) bond motifs is 4. The van der Waals surface area contributed by atoms with Crippen LogP contribution in [0.4, 0.5) is 45.8 Å². The second kappa shape index (κ2) is 35.6. The number of nitrogen functional groups attached to an aromatic ring is 2. The van der Waals surface area contributed by atoms with E-state index in [-0.39, 0.29) is 24.9 Å². The second-order valence-electron chi connectivity index (χ2n) is 22.5. The highest BCUT2D eigenvalue weighted by atomic mass is 35.7.